The normalized spacial score (nSPS) is 17.2. The molecule has 7 nitrogen and oxygen atoms in total. The fourth-order valence-electron chi connectivity index (χ4n) is 4.46. The van der Waals surface area contributed by atoms with Gasteiger partial charge in [-0.3, -0.25) is 9.69 Å². The van der Waals surface area contributed by atoms with Crippen LogP contribution in [0.15, 0.2) is 54.6 Å². The Morgan fingerprint density at radius 3 is 2.29 bits per heavy atom. The van der Waals surface area contributed by atoms with Gasteiger partial charge >= 0.3 is 6.09 Å². The Balaban J connectivity index is 1.14. The van der Waals surface area contributed by atoms with Crippen LogP contribution in [0, 0.1) is 0 Å². The zero-order valence-electron chi connectivity index (χ0n) is 19.8. The van der Waals surface area contributed by atoms with E-state index in [4.69, 9.17) is 9.47 Å². The van der Waals surface area contributed by atoms with E-state index in [1.807, 2.05) is 54.6 Å². The number of ether oxygens (including phenoxy) is 2. The third-order valence-corrected chi connectivity index (χ3v) is 6.53. The van der Waals surface area contributed by atoms with Gasteiger partial charge in [-0.15, -0.1) is 0 Å². The zero-order chi connectivity index (χ0) is 23.6. The van der Waals surface area contributed by atoms with Gasteiger partial charge in [0.05, 0.1) is 0 Å². The Bertz CT molecular complexity index is 905. The van der Waals surface area contributed by atoms with E-state index in [2.05, 4.69) is 10.2 Å². The quantitative estimate of drug-likeness (QED) is 0.636. The van der Waals surface area contributed by atoms with Crippen LogP contribution in [0.4, 0.5) is 4.79 Å². The van der Waals surface area contributed by atoms with Gasteiger partial charge in [0.1, 0.15) is 19.0 Å². The molecule has 2 saturated heterocycles. The van der Waals surface area contributed by atoms with Crippen molar-refractivity contribution in [2.45, 2.75) is 44.8 Å². The van der Waals surface area contributed by atoms with Crippen LogP contribution >= 0.6 is 0 Å². The summed E-state index contributed by atoms with van der Waals surface area (Å²) in [4.78, 5) is 29.1. The minimum atomic E-state index is -0.301. The first-order chi connectivity index (χ1) is 16.7. The van der Waals surface area contributed by atoms with Gasteiger partial charge in [0.2, 0.25) is 0 Å². The van der Waals surface area contributed by atoms with Crippen LogP contribution in [0.25, 0.3) is 0 Å². The first kappa shape index (κ1) is 24.1. The van der Waals surface area contributed by atoms with Gasteiger partial charge in [-0.25, -0.2) is 4.79 Å². The highest BCUT2D eigenvalue weighted by Crippen LogP contribution is 2.16. The van der Waals surface area contributed by atoms with E-state index in [-0.39, 0.29) is 24.6 Å². The van der Waals surface area contributed by atoms with E-state index in [1.165, 1.54) is 19.3 Å². The maximum absolute atomic E-state index is 12.7. The molecule has 2 heterocycles. The summed E-state index contributed by atoms with van der Waals surface area (Å²) < 4.78 is 11.3. The van der Waals surface area contributed by atoms with Crippen molar-refractivity contribution in [3.8, 4) is 5.75 Å². The number of hydrogen-bond acceptors (Lipinski definition) is 5. The van der Waals surface area contributed by atoms with E-state index < -0.39 is 0 Å². The molecule has 0 spiro atoms. The molecule has 1 N–H and O–H groups in total. The molecule has 34 heavy (non-hydrogen) atoms. The second-order valence-corrected chi connectivity index (χ2v) is 9.05. The average Bonchev–Trinajstić information content (AvgIpc) is 2.89. The van der Waals surface area contributed by atoms with E-state index in [9.17, 15) is 9.59 Å². The van der Waals surface area contributed by atoms with Crippen molar-refractivity contribution in [1.29, 1.82) is 0 Å². The molecule has 182 valence electrons. The number of nitrogens with zero attached hydrogens (tertiary/aromatic N) is 2. The van der Waals surface area contributed by atoms with Crippen LogP contribution in [-0.4, -0.2) is 67.2 Å². The molecule has 2 aromatic rings. The van der Waals surface area contributed by atoms with Gasteiger partial charge in [-0.05, 0) is 68.6 Å². The molecule has 2 aliphatic heterocycles. The highest BCUT2D eigenvalue weighted by Gasteiger charge is 2.25. The van der Waals surface area contributed by atoms with Gasteiger partial charge in [0, 0.05) is 31.2 Å². The molecule has 7 heteroatoms. The summed E-state index contributed by atoms with van der Waals surface area (Å²) in [5.74, 6) is 0.695. The lowest BCUT2D eigenvalue weighted by Crippen LogP contribution is -2.46. The number of benzene rings is 2. The minimum absolute atomic E-state index is 0.0474. The molecule has 2 amide bonds. The largest absolute Gasteiger partial charge is 0.492 e. The third kappa shape index (κ3) is 7.22. The topological polar surface area (TPSA) is 71.1 Å². The van der Waals surface area contributed by atoms with Crippen molar-refractivity contribution in [1.82, 2.24) is 15.1 Å². The highest BCUT2D eigenvalue weighted by molar-refractivity contribution is 5.94. The Labute approximate surface area is 202 Å². The summed E-state index contributed by atoms with van der Waals surface area (Å²) in [6.45, 7) is 5.35. The monoisotopic (exact) mass is 465 g/mol. The van der Waals surface area contributed by atoms with Crippen molar-refractivity contribution in [3.63, 3.8) is 0 Å². The van der Waals surface area contributed by atoms with Gasteiger partial charge in [-0.1, -0.05) is 36.8 Å². The van der Waals surface area contributed by atoms with Crippen molar-refractivity contribution < 1.29 is 19.1 Å². The number of carbonyl (C=O) groups is 2. The molecule has 0 atom stereocenters. The molecule has 2 aliphatic rings. The number of nitrogens with one attached hydrogen (secondary N) is 1. The Morgan fingerprint density at radius 1 is 0.882 bits per heavy atom. The van der Waals surface area contributed by atoms with E-state index >= 15 is 0 Å². The first-order valence-corrected chi connectivity index (χ1v) is 12.4. The lowest BCUT2D eigenvalue weighted by Gasteiger charge is -2.31. The summed E-state index contributed by atoms with van der Waals surface area (Å²) in [5, 5.41) is 3.09. The number of piperidine rings is 2. The van der Waals surface area contributed by atoms with Crippen LogP contribution in [0.1, 0.15) is 48.0 Å². The summed E-state index contributed by atoms with van der Waals surface area (Å²) in [5.41, 5.74) is 1.59. The fourth-order valence-corrected chi connectivity index (χ4v) is 4.46. The molecular weight excluding hydrogens is 430 g/mol. The maximum Gasteiger partial charge on any atom is 0.410 e. The maximum atomic E-state index is 12.7. The Kier molecular flexibility index (Phi) is 8.79. The number of rotatable bonds is 8. The molecule has 0 aliphatic carbocycles. The number of hydrogen-bond donors (Lipinski definition) is 1. The summed E-state index contributed by atoms with van der Waals surface area (Å²) in [6, 6.07) is 17.0. The van der Waals surface area contributed by atoms with E-state index in [0.717, 1.165) is 30.9 Å². The fraction of sp³-hybridized carbons (Fsp3) is 0.481. The highest BCUT2D eigenvalue weighted by atomic mass is 16.6. The average molecular weight is 466 g/mol. The van der Waals surface area contributed by atoms with Crippen molar-refractivity contribution in [3.05, 3.63) is 65.7 Å². The van der Waals surface area contributed by atoms with Crippen LogP contribution < -0.4 is 10.1 Å². The molecule has 0 aromatic heterocycles. The Morgan fingerprint density at radius 2 is 1.59 bits per heavy atom. The standard InChI is InChI=1S/C27H35N3O4/c31-26(23-9-11-25(12-10-23)33-20-19-29-15-5-2-6-16-29)28-24-13-17-30(18-14-24)27(32)34-21-22-7-3-1-4-8-22/h1,3-4,7-12,24H,2,5-6,13-21H2,(H,28,31). The predicted octanol–water partition coefficient (Wildman–Crippen LogP) is 4.08. The second kappa shape index (κ2) is 12.4. The third-order valence-electron chi connectivity index (χ3n) is 6.53. The van der Waals surface area contributed by atoms with Crippen molar-refractivity contribution in [2.24, 2.45) is 0 Å². The molecule has 2 fully saturated rings. The number of amides is 2. The lowest BCUT2D eigenvalue weighted by molar-refractivity contribution is 0.0809. The Hall–Kier alpha value is -3.06. The molecule has 0 saturated carbocycles. The summed E-state index contributed by atoms with van der Waals surface area (Å²) in [7, 11) is 0. The number of carbonyl (C=O) groups excluding carboxylic acids is 2. The van der Waals surface area contributed by atoms with Crippen LogP contribution in [0.3, 0.4) is 0 Å². The molecule has 0 unspecified atom stereocenters. The second-order valence-electron chi connectivity index (χ2n) is 9.05. The van der Waals surface area contributed by atoms with Crippen molar-refractivity contribution in [2.75, 3.05) is 39.3 Å². The van der Waals surface area contributed by atoms with Gasteiger partial charge in [-0.2, -0.15) is 0 Å². The predicted molar refractivity (Wildman–Crippen MR) is 131 cm³/mol. The molecule has 0 radical (unpaired) electrons. The smallest absolute Gasteiger partial charge is 0.410 e. The van der Waals surface area contributed by atoms with E-state index in [1.54, 1.807) is 4.90 Å². The minimum Gasteiger partial charge on any atom is -0.492 e. The molecule has 2 aromatic carbocycles. The van der Waals surface area contributed by atoms with Gasteiger partial charge < -0.3 is 19.7 Å². The molecule has 0 bridgehead atoms. The summed E-state index contributed by atoms with van der Waals surface area (Å²) >= 11 is 0. The molecule has 4 rings (SSSR count). The molecular formula is C27H35N3O4. The van der Waals surface area contributed by atoms with Gasteiger partial charge in [0.25, 0.3) is 5.91 Å². The van der Waals surface area contributed by atoms with Crippen molar-refractivity contribution >= 4 is 12.0 Å². The van der Waals surface area contributed by atoms with Crippen LogP contribution in [-0.2, 0) is 11.3 Å². The van der Waals surface area contributed by atoms with Crippen LogP contribution in [0.2, 0.25) is 0 Å². The van der Waals surface area contributed by atoms with Gasteiger partial charge in [0.15, 0.2) is 0 Å². The zero-order valence-corrected chi connectivity index (χ0v) is 19.8. The SMILES string of the molecule is O=C(NC1CCN(C(=O)OCc2ccccc2)CC1)c1ccc(OCCN2CCCCC2)cc1. The van der Waals surface area contributed by atoms with E-state index in [0.29, 0.717) is 38.1 Å². The summed E-state index contributed by atoms with van der Waals surface area (Å²) in [6.07, 6.45) is 5.02. The number of likely N-dealkylation sites (tertiary alicyclic amines) is 2. The van der Waals surface area contributed by atoms with Crippen LogP contribution in [0.5, 0.6) is 5.75 Å². The lowest BCUT2D eigenvalue weighted by atomic mass is 10.0. The first-order valence-electron chi connectivity index (χ1n) is 12.4.